The van der Waals surface area contributed by atoms with Crippen molar-refractivity contribution in [2.45, 2.75) is 12.8 Å². The van der Waals surface area contributed by atoms with E-state index in [1.54, 1.807) is 0 Å². The summed E-state index contributed by atoms with van der Waals surface area (Å²) < 4.78 is 37.4. The molecule has 0 aliphatic carbocycles. The standard InChI is InChI=1S/C10H8BrF3O/c11-5-7(15)3-6-1-2-8(10(13)14)9(12)4-6/h1-2,4,10H,3,5H2. The molecule has 0 radical (unpaired) electrons. The molecule has 0 atom stereocenters. The van der Waals surface area contributed by atoms with E-state index in [4.69, 9.17) is 0 Å². The van der Waals surface area contributed by atoms with Crippen LogP contribution in [0, 0.1) is 5.82 Å². The Balaban J connectivity index is 2.87. The van der Waals surface area contributed by atoms with Gasteiger partial charge in [0, 0.05) is 6.42 Å². The smallest absolute Gasteiger partial charge is 0.266 e. The Hall–Kier alpha value is -0.840. The van der Waals surface area contributed by atoms with Crippen LogP contribution in [0.5, 0.6) is 0 Å². The zero-order valence-electron chi connectivity index (χ0n) is 7.64. The summed E-state index contributed by atoms with van der Waals surface area (Å²) in [4.78, 5) is 11.0. The molecule has 0 aromatic heterocycles. The first-order valence-corrected chi connectivity index (χ1v) is 5.31. The summed E-state index contributed by atoms with van der Waals surface area (Å²) in [7, 11) is 0. The Morgan fingerprint density at radius 3 is 2.53 bits per heavy atom. The summed E-state index contributed by atoms with van der Waals surface area (Å²) in [6.07, 6.45) is -2.78. The molecular weight excluding hydrogens is 273 g/mol. The maximum atomic E-state index is 13.1. The van der Waals surface area contributed by atoms with Crippen LogP contribution in [0.2, 0.25) is 0 Å². The lowest BCUT2D eigenvalue weighted by atomic mass is 10.1. The first kappa shape index (κ1) is 12.2. The van der Waals surface area contributed by atoms with Gasteiger partial charge in [-0.05, 0) is 11.6 Å². The predicted octanol–water partition coefficient (Wildman–Crippen LogP) is 3.27. The van der Waals surface area contributed by atoms with Gasteiger partial charge < -0.3 is 0 Å². The molecule has 0 spiro atoms. The van der Waals surface area contributed by atoms with Crippen molar-refractivity contribution < 1.29 is 18.0 Å². The summed E-state index contributed by atoms with van der Waals surface area (Å²) in [6, 6.07) is 3.32. The number of hydrogen-bond donors (Lipinski definition) is 0. The van der Waals surface area contributed by atoms with E-state index in [2.05, 4.69) is 15.9 Å². The molecule has 0 bridgehead atoms. The van der Waals surface area contributed by atoms with Crippen molar-refractivity contribution in [3.8, 4) is 0 Å². The average Bonchev–Trinajstić information content (AvgIpc) is 2.17. The van der Waals surface area contributed by atoms with Crippen molar-refractivity contribution in [2.24, 2.45) is 0 Å². The van der Waals surface area contributed by atoms with Gasteiger partial charge in [0.05, 0.1) is 10.9 Å². The van der Waals surface area contributed by atoms with Crippen LogP contribution < -0.4 is 0 Å². The molecule has 0 amide bonds. The van der Waals surface area contributed by atoms with Gasteiger partial charge in [0.1, 0.15) is 11.6 Å². The van der Waals surface area contributed by atoms with E-state index in [0.29, 0.717) is 5.56 Å². The molecule has 1 aromatic rings. The van der Waals surface area contributed by atoms with Gasteiger partial charge in [-0.15, -0.1) is 0 Å². The van der Waals surface area contributed by atoms with Crippen molar-refractivity contribution in [2.75, 3.05) is 5.33 Å². The van der Waals surface area contributed by atoms with Gasteiger partial charge in [0.2, 0.25) is 0 Å². The molecular formula is C10H8BrF3O. The van der Waals surface area contributed by atoms with Crippen molar-refractivity contribution >= 4 is 21.7 Å². The van der Waals surface area contributed by atoms with Crippen molar-refractivity contribution in [3.05, 3.63) is 35.1 Å². The molecule has 82 valence electrons. The zero-order valence-corrected chi connectivity index (χ0v) is 9.23. The monoisotopic (exact) mass is 280 g/mol. The first-order chi connectivity index (χ1) is 7.04. The van der Waals surface area contributed by atoms with Gasteiger partial charge >= 0.3 is 0 Å². The highest BCUT2D eigenvalue weighted by atomic mass is 79.9. The molecule has 15 heavy (non-hydrogen) atoms. The molecule has 0 N–H and O–H groups in total. The number of carbonyl (C=O) groups excluding carboxylic acids is 1. The summed E-state index contributed by atoms with van der Waals surface area (Å²) in [6.45, 7) is 0. The van der Waals surface area contributed by atoms with E-state index in [-0.39, 0.29) is 17.5 Å². The number of halogens is 4. The van der Waals surface area contributed by atoms with Crippen molar-refractivity contribution in [1.29, 1.82) is 0 Å². The van der Waals surface area contributed by atoms with Crippen molar-refractivity contribution in [3.63, 3.8) is 0 Å². The zero-order chi connectivity index (χ0) is 11.4. The van der Waals surface area contributed by atoms with E-state index in [9.17, 15) is 18.0 Å². The average molecular weight is 281 g/mol. The number of alkyl halides is 3. The molecule has 0 aliphatic rings. The Morgan fingerprint density at radius 1 is 1.40 bits per heavy atom. The normalized spacial score (nSPS) is 10.7. The maximum absolute atomic E-state index is 13.1. The van der Waals surface area contributed by atoms with E-state index in [0.717, 1.165) is 12.1 Å². The quantitative estimate of drug-likeness (QED) is 0.774. The molecule has 1 nitrogen and oxygen atoms in total. The number of ketones is 1. The number of Topliss-reactive ketones (excluding diaryl/α,β-unsaturated/α-hetero) is 1. The third kappa shape index (κ3) is 3.34. The highest BCUT2D eigenvalue weighted by molar-refractivity contribution is 9.09. The minimum Gasteiger partial charge on any atom is -0.298 e. The van der Waals surface area contributed by atoms with Crippen LogP contribution in [0.15, 0.2) is 18.2 Å². The molecule has 0 fully saturated rings. The fourth-order valence-corrected chi connectivity index (χ4v) is 1.33. The van der Waals surface area contributed by atoms with Gasteiger partial charge in [-0.1, -0.05) is 28.1 Å². The minimum absolute atomic E-state index is 0.0473. The van der Waals surface area contributed by atoms with Gasteiger partial charge in [0.25, 0.3) is 6.43 Å². The lowest BCUT2D eigenvalue weighted by Gasteiger charge is -2.04. The molecule has 0 unspecified atom stereocenters. The van der Waals surface area contributed by atoms with Gasteiger partial charge in [-0.3, -0.25) is 4.79 Å². The van der Waals surface area contributed by atoms with Gasteiger partial charge in [-0.2, -0.15) is 0 Å². The van der Waals surface area contributed by atoms with Crippen LogP contribution in [0.4, 0.5) is 13.2 Å². The third-order valence-electron chi connectivity index (χ3n) is 1.85. The fraction of sp³-hybridized carbons (Fsp3) is 0.300. The highest BCUT2D eigenvalue weighted by Gasteiger charge is 2.13. The Kier molecular flexibility index (Phi) is 4.32. The summed E-state index contributed by atoms with van der Waals surface area (Å²) in [5.74, 6) is -1.09. The van der Waals surface area contributed by atoms with E-state index < -0.39 is 17.8 Å². The van der Waals surface area contributed by atoms with Crippen LogP contribution in [-0.4, -0.2) is 11.1 Å². The maximum Gasteiger partial charge on any atom is 0.266 e. The molecule has 0 saturated carbocycles. The third-order valence-corrected chi connectivity index (χ3v) is 2.48. The van der Waals surface area contributed by atoms with Crippen LogP contribution in [0.3, 0.4) is 0 Å². The molecule has 1 rings (SSSR count). The van der Waals surface area contributed by atoms with Crippen molar-refractivity contribution in [1.82, 2.24) is 0 Å². The molecule has 0 saturated heterocycles. The first-order valence-electron chi connectivity index (χ1n) is 4.18. The summed E-state index contributed by atoms with van der Waals surface area (Å²) >= 11 is 2.97. The van der Waals surface area contributed by atoms with Crippen LogP contribution in [-0.2, 0) is 11.2 Å². The molecule has 0 aliphatic heterocycles. The SMILES string of the molecule is O=C(CBr)Cc1ccc(C(F)F)c(F)c1. The Labute approximate surface area is 93.4 Å². The summed E-state index contributed by atoms with van der Waals surface area (Å²) in [5.41, 5.74) is -0.230. The molecule has 0 heterocycles. The minimum atomic E-state index is -2.83. The lowest BCUT2D eigenvalue weighted by molar-refractivity contribution is -0.115. The Bertz CT molecular complexity index is 366. The largest absolute Gasteiger partial charge is 0.298 e. The van der Waals surface area contributed by atoms with E-state index in [1.165, 1.54) is 6.07 Å². The van der Waals surface area contributed by atoms with Gasteiger partial charge in [-0.25, -0.2) is 13.2 Å². The lowest BCUT2D eigenvalue weighted by Crippen LogP contribution is -2.04. The number of carbonyl (C=O) groups is 1. The topological polar surface area (TPSA) is 17.1 Å². The van der Waals surface area contributed by atoms with Crippen LogP contribution in [0.25, 0.3) is 0 Å². The fourth-order valence-electron chi connectivity index (χ4n) is 1.13. The highest BCUT2D eigenvalue weighted by Crippen LogP contribution is 2.22. The second-order valence-corrected chi connectivity index (χ2v) is 3.57. The van der Waals surface area contributed by atoms with E-state index in [1.807, 2.05) is 0 Å². The van der Waals surface area contributed by atoms with E-state index >= 15 is 0 Å². The number of rotatable bonds is 4. The van der Waals surface area contributed by atoms with Crippen LogP contribution in [0.1, 0.15) is 17.6 Å². The summed E-state index contributed by atoms with van der Waals surface area (Å²) in [5, 5.41) is 0.172. The second-order valence-electron chi connectivity index (χ2n) is 3.01. The molecule has 5 heteroatoms. The Morgan fingerprint density at radius 2 is 2.07 bits per heavy atom. The van der Waals surface area contributed by atoms with Crippen LogP contribution >= 0.6 is 15.9 Å². The number of benzene rings is 1. The second kappa shape index (κ2) is 5.30. The number of hydrogen-bond acceptors (Lipinski definition) is 1. The molecule has 1 aromatic carbocycles. The predicted molar refractivity (Wildman–Crippen MR) is 53.9 cm³/mol. The van der Waals surface area contributed by atoms with Gasteiger partial charge in [0.15, 0.2) is 0 Å².